The van der Waals surface area contributed by atoms with Crippen LogP contribution in [0.2, 0.25) is 0 Å². The number of hydrogen-bond donors (Lipinski definition) is 2. The molecule has 26 heavy (non-hydrogen) atoms. The van der Waals surface area contributed by atoms with Gasteiger partial charge in [-0.3, -0.25) is 0 Å². The number of hydrogen-bond acceptors (Lipinski definition) is 2. The molecule has 0 atom stereocenters. The molecule has 0 aliphatic rings. The van der Waals surface area contributed by atoms with Gasteiger partial charge in [0.15, 0.2) is 0 Å². The van der Waals surface area contributed by atoms with Gasteiger partial charge in [-0.2, -0.15) is 0 Å². The van der Waals surface area contributed by atoms with Crippen LogP contribution in [0.25, 0.3) is 0 Å². The molecule has 0 heterocycles. The summed E-state index contributed by atoms with van der Waals surface area (Å²) in [5.74, 6) is -2.30. The van der Waals surface area contributed by atoms with Gasteiger partial charge in [0.25, 0.3) is 0 Å². The van der Waals surface area contributed by atoms with Crippen LogP contribution < -0.4 is 0 Å². The molecule has 0 aromatic rings. The minimum atomic E-state index is -1.18. The molecule has 152 valence electrons. The lowest BCUT2D eigenvalue weighted by Gasteiger charge is -2.04. The fourth-order valence-corrected chi connectivity index (χ4v) is 3.25. The Labute approximate surface area is 160 Å². The highest BCUT2D eigenvalue weighted by atomic mass is 16.4. The van der Waals surface area contributed by atoms with Crippen molar-refractivity contribution < 1.29 is 19.8 Å². The Morgan fingerprint density at radius 3 is 1.27 bits per heavy atom. The fourth-order valence-electron chi connectivity index (χ4n) is 3.25. The van der Waals surface area contributed by atoms with Crippen LogP contribution in [0.3, 0.4) is 0 Å². The van der Waals surface area contributed by atoms with Crippen LogP contribution in [0.5, 0.6) is 0 Å². The third-order valence-corrected chi connectivity index (χ3v) is 4.87. The largest absolute Gasteiger partial charge is 0.478 e. The first kappa shape index (κ1) is 24.7. The van der Waals surface area contributed by atoms with Crippen LogP contribution in [-0.2, 0) is 9.59 Å². The summed E-state index contributed by atoms with van der Waals surface area (Å²) in [6, 6.07) is 0. The van der Waals surface area contributed by atoms with Crippen LogP contribution in [0.15, 0.2) is 11.6 Å². The summed E-state index contributed by atoms with van der Waals surface area (Å²) in [5.41, 5.74) is 0.00265. The van der Waals surface area contributed by atoms with Crippen molar-refractivity contribution >= 4 is 11.9 Å². The molecule has 0 aliphatic heterocycles. The molecule has 2 N–H and O–H groups in total. The standard InChI is InChI=1S/C22H40O4/c1-2-3-4-5-6-7-8-9-10-11-12-13-14-15-16-17-18-20(22(25)26)19-21(23)24/h19H,2-18H2,1H3,(H,23,24)(H,25,26). The fraction of sp³-hybridized carbons (Fsp3) is 0.818. The Bertz CT molecular complexity index is 388. The van der Waals surface area contributed by atoms with Gasteiger partial charge in [-0.1, -0.05) is 103 Å². The zero-order chi connectivity index (χ0) is 19.5. The third-order valence-electron chi connectivity index (χ3n) is 4.87. The predicted octanol–water partition coefficient (Wildman–Crippen LogP) is 6.73. The molecule has 0 saturated carbocycles. The van der Waals surface area contributed by atoms with E-state index in [1.165, 1.54) is 83.5 Å². The van der Waals surface area contributed by atoms with Gasteiger partial charge in [0.1, 0.15) is 0 Å². The highest BCUT2D eigenvalue weighted by Crippen LogP contribution is 2.15. The van der Waals surface area contributed by atoms with Crippen LogP contribution in [0.1, 0.15) is 116 Å². The van der Waals surface area contributed by atoms with Crippen molar-refractivity contribution in [2.45, 2.75) is 116 Å². The van der Waals surface area contributed by atoms with E-state index in [4.69, 9.17) is 10.2 Å². The summed E-state index contributed by atoms with van der Waals surface area (Å²) in [6.07, 6.45) is 21.6. The Morgan fingerprint density at radius 1 is 0.615 bits per heavy atom. The Balaban J connectivity index is 3.31. The molecule has 0 saturated heterocycles. The van der Waals surface area contributed by atoms with Crippen molar-refractivity contribution in [1.29, 1.82) is 0 Å². The summed E-state index contributed by atoms with van der Waals surface area (Å²) in [6.45, 7) is 2.26. The second-order valence-electron chi connectivity index (χ2n) is 7.37. The Kier molecular flexibility index (Phi) is 17.5. The first-order valence-electron chi connectivity index (χ1n) is 10.7. The summed E-state index contributed by atoms with van der Waals surface area (Å²) in [7, 11) is 0. The molecule has 0 unspecified atom stereocenters. The maximum Gasteiger partial charge on any atom is 0.331 e. The molecule has 0 fully saturated rings. The average Bonchev–Trinajstić information content (AvgIpc) is 2.59. The van der Waals surface area contributed by atoms with Crippen molar-refractivity contribution in [2.24, 2.45) is 0 Å². The molecular weight excluding hydrogens is 328 g/mol. The van der Waals surface area contributed by atoms with Crippen LogP contribution in [0, 0.1) is 0 Å². The minimum Gasteiger partial charge on any atom is -0.478 e. The molecule has 0 amide bonds. The number of aliphatic carboxylic acids is 2. The van der Waals surface area contributed by atoms with Gasteiger partial charge < -0.3 is 10.2 Å². The summed E-state index contributed by atoms with van der Waals surface area (Å²) >= 11 is 0. The van der Waals surface area contributed by atoms with Gasteiger partial charge >= 0.3 is 11.9 Å². The minimum absolute atomic E-state index is 0.00265. The van der Waals surface area contributed by atoms with E-state index in [1.807, 2.05) is 0 Å². The van der Waals surface area contributed by atoms with E-state index in [1.54, 1.807) is 0 Å². The maximum atomic E-state index is 10.9. The first-order valence-corrected chi connectivity index (χ1v) is 10.7. The number of carboxylic acid groups (broad SMARTS) is 2. The van der Waals surface area contributed by atoms with E-state index in [0.29, 0.717) is 6.42 Å². The predicted molar refractivity (Wildman–Crippen MR) is 108 cm³/mol. The second-order valence-corrected chi connectivity index (χ2v) is 7.37. The normalized spacial score (nSPS) is 11.7. The van der Waals surface area contributed by atoms with Gasteiger partial charge in [0.2, 0.25) is 0 Å². The average molecular weight is 369 g/mol. The molecule has 4 nitrogen and oxygen atoms in total. The van der Waals surface area contributed by atoms with E-state index in [9.17, 15) is 9.59 Å². The number of carbonyl (C=O) groups is 2. The summed E-state index contributed by atoms with van der Waals surface area (Å²) in [4.78, 5) is 21.4. The molecule has 0 bridgehead atoms. The van der Waals surface area contributed by atoms with Gasteiger partial charge in [-0.15, -0.1) is 0 Å². The molecule has 0 aromatic carbocycles. The Morgan fingerprint density at radius 2 is 0.962 bits per heavy atom. The highest BCUT2D eigenvalue weighted by Gasteiger charge is 2.08. The number of unbranched alkanes of at least 4 members (excludes halogenated alkanes) is 15. The van der Waals surface area contributed by atoms with Crippen molar-refractivity contribution in [3.8, 4) is 0 Å². The van der Waals surface area contributed by atoms with Gasteiger partial charge in [0, 0.05) is 11.6 Å². The van der Waals surface area contributed by atoms with Crippen molar-refractivity contribution in [3.05, 3.63) is 11.6 Å². The van der Waals surface area contributed by atoms with Crippen LogP contribution >= 0.6 is 0 Å². The molecule has 0 spiro atoms. The third kappa shape index (κ3) is 17.5. The van der Waals surface area contributed by atoms with Crippen LogP contribution in [0.4, 0.5) is 0 Å². The van der Waals surface area contributed by atoms with Gasteiger partial charge in [-0.05, 0) is 12.8 Å². The SMILES string of the molecule is CCCCCCCCCCCCCCCCCCC(=CC(=O)O)C(=O)O. The lowest BCUT2D eigenvalue weighted by molar-refractivity contribution is -0.135. The van der Waals surface area contributed by atoms with E-state index in [-0.39, 0.29) is 5.57 Å². The van der Waals surface area contributed by atoms with Crippen molar-refractivity contribution in [3.63, 3.8) is 0 Å². The smallest absolute Gasteiger partial charge is 0.331 e. The monoisotopic (exact) mass is 368 g/mol. The first-order chi connectivity index (χ1) is 12.6. The molecule has 0 aliphatic carbocycles. The highest BCUT2D eigenvalue weighted by molar-refractivity contribution is 5.94. The lowest BCUT2D eigenvalue weighted by Crippen LogP contribution is -2.04. The molecule has 0 radical (unpaired) electrons. The Hall–Kier alpha value is -1.32. The molecular formula is C22H40O4. The van der Waals surface area contributed by atoms with E-state index in [2.05, 4.69) is 6.92 Å². The van der Waals surface area contributed by atoms with Gasteiger partial charge in [0.05, 0.1) is 0 Å². The second kappa shape index (κ2) is 18.5. The summed E-state index contributed by atoms with van der Waals surface area (Å²) in [5, 5.41) is 17.5. The maximum absolute atomic E-state index is 10.9. The van der Waals surface area contributed by atoms with E-state index < -0.39 is 11.9 Å². The molecule has 4 heteroatoms. The van der Waals surface area contributed by atoms with Crippen molar-refractivity contribution in [1.82, 2.24) is 0 Å². The molecule has 0 aromatic heterocycles. The zero-order valence-corrected chi connectivity index (χ0v) is 16.8. The van der Waals surface area contributed by atoms with Crippen molar-refractivity contribution in [2.75, 3.05) is 0 Å². The van der Waals surface area contributed by atoms with Crippen LogP contribution in [-0.4, -0.2) is 22.2 Å². The van der Waals surface area contributed by atoms with Gasteiger partial charge in [-0.25, -0.2) is 9.59 Å². The summed E-state index contributed by atoms with van der Waals surface area (Å²) < 4.78 is 0. The quantitative estimate of drug-likeness (QED) is 0.196. The van der Waals surface area contributed by atoms with E-state index >= 15 is 0 Å². The lowest BCUT2D eigenvalue weighted by atomic mass is 10.0. The number of carboxylic acids is 2. The topological polar surface area (TPSA) is 74.6 Å². The zero-order valence-electron chi connectivity index (χ0n) is 16.8. The number of rotatable bonds is 19. The molecule has 0 rings (SSSR count). The van der Waals surface area contributed by atoms with E-state index in [0.717, 1.165) is 25.3 Å².